The van der Waals surface area contributed by atoms with Crippen molar-refractivity contribution in [3.8, 4) is 0 Å². The number of benzene rings is 3. The minimum atomic E-state index is -0.374. The predicted octanol–water partition coefficient (Wildman–Crippen LogP) is 7.76. The van der Waals surface area contributed by atoms with Crippen LogP contribution in [0.3, 0.4) is 0 Å². The Balaban J connectivity index is 1.59. The fourth-order valence-corrected chi connectivity index (χ4v) is 6.93. The maximum absolute atomic E-state index is 14.0. The molecule has 0 radical (unpaired) electrons. The second kappa shape index (κ2) is 10.8. The van der Waals surface area contributed by atoms with Crippen LogP contribution in [0.1, 0.15) is 80.4 Å². The van der Waals surface area contributed by atoms with Crippen LogP contribution in [0.25, 0.3) is 10.9 Å². The van der Waals surface area contributed by atoms with E-state index in [2.05, 4.69) is 94.8 Å². The van der Waals surface area contributed by atoms with Crippen molar-refractivity contribution in [1.29, 1.82) is 0 Å². The fourth-order valence-electron chi connectivity index (χ4n) is 6.93. The summed E-state index contributed by atoms with van der Waals surface area (Å²) in [4.78, 5) is 20.4. The number of carbonyl (C=O) groups is 1. The zero-order valence-electron chi connectivity index (χ0n) is 22.5. The van der Waals surface area contributed by atoms with Crippen molar-refractivity contribution in [1.82, 2.24) is 9.88 Å². The van der Waals surface area contributed by atoms with E-state index in [1.165, 1.54) is 59.9 Å². The number of aromatic amines is 1. The fraction of sp³-hybridized carbons (Fsp3) is 0.382. The molecule has 1 aliphatic heterocycles. The lowest BCUT2D eigenvalue weighted by atomic mass is 9.76. The number of para-hydroxylation sites is 1. The van der Waals surface area contributed by atoms with Crippen LogP contribution in [-0.4, -0.2) is 28.0 Å². The first-order valence-corrected chi connectivity index (χ1v) is 14.3. The van der Waals surface area contributed by atoms with Gasteiger partial charge >= 0.3 is 5.97 Å². The van der Waals surface area contributed by atoms with Crippen LogP contribution in [-0.2, 0) is 16.0 Å². The number of fused-ring (bicyclic) bond motifs is 3. The number of rotatable bonds is 6. The van der Waals surface area contributed by atoms with E-state index >= 15 is 0 Å². The molecule has 4 nitrogen and oxygen atoms in total. The van der Waals surface area contributed by atoms with E-state index in [1.807, 2.05) is 13.8 Å². The minimum Gasteiger partial charge on any atom is -0.462 e. The van der Waals surface area contributed by atoms with Gasteiger partial charge in [-0.05, 0) is 55.4 Å². The van der Waals surface area contributed by atoms with Gasteiger partial charge in [0.2, 0.25) is 0 Å². The summed E-state index contributed by atoms with van der Waals surface area (Å²) < 4.78 is 5.99. The van der Waals surface area contributed by atoms with E-state index < -0.39 is 0 Å². The van der Waals surface area contributed by atoms with Crippen LogP contribution < -0.4 is 0 Å². The normalized spacial score (nSPS) is 20.6. The number of ether oxygens (including phenoxy) is 1. The van der Waals surface area contributed by atoms with Crippen molar-refractivity contribution in [2.75, 3.05) is 0 Å². The molecule has 1 saturated carbocycles. The van der Waals surface area contributed by atoms with E-state index in [9.17, 15) is 4.79 Å². The molecule has 4 aromatic rings. The van der Waals surface area contributed by atoms with Crippen LogP contribution in [0.15, 0.2) is 84.9 Å². The second-order valence-electron chi connectivity index (χ2n) is 11.3. The molecule has 2 atom stereocenters. The highest BCUT2D eigenvalue weighted by Gasteiger charge is 2.47. The molecule has 0 amide bonds. The van der Waals surface area contributed by atoms with Crippen molar-refractivity contribution in [3.05, 3.63) is 107 Å². The summed E-state index contributed by atoms with van der Waals surface area (Å²) in [6.07, 6.45) is 6.62. The Morgan fingerprint density at radius 3 is 2.08 bits per heavy atom. The monoisotopic (exact) mass is 506 g/mol. The summed E-state index contributed by atoms with van der Waals surface area (Å²) in [5.41, 5.74) is 6.16. The van der Waals surface area contributed by atoms with Crippen molar-refractivity contribution >= 4 is 16.9 Å². The second-order valence-corrected chi connectivity index (χ2v) is 11.3. The van der Waals surface area contributed by atoms with Gasteiger partial charge in [0.05, 0.1) is 18.2 Å². The Morgan fingerprint density at radius 1 is 0.842 bits per heavy atom. The number of nitrogens with zero attached hydrogens (tertiary/aromatic N) is 1. The Morgan fingerprint density at radius 2 is 1.45 bits per heavy atom. The quantitative estimate of drug-likeness (QED) is 0.272. The SMILES string of the molecule is CC(C)OC(=O)[C@@H]1Cc2c([nH]c3ccccc23)[C@@H](C2CCCCC2)N1C(c1ccccc1)c1ccccc1. The molecule has 1 aliphatic carbocycles. The topological polar surface area (TPSA) is 45.3 Å². The lowest BCUT2D eigenvalue weighted by Crippen LogP contribution is -2.53. The molecule has 3 aromatic carbocycles. The Bertz CT molecular complexity index is 1330. The van der Waals surface area contributed by atoms with Crippen LogP contribution in [0.2, 0.25) is 0 Å². The zero-order chi connectivity index (χ0) is 26.1. The van der Waals surface area contributed by atoms with E-state index in [0.717, 1.165) is 5.52 Å². The van der Waals surface area contributed by atoms with E-state index in [-0.39, 0.29) is 30.2 Å². The average Bonchev–Trinajstić information content (AvgIpc) is 3.32. The van der Waals surface area contributed by atoms with Crippen molar-refractivity contribution in [2.45, 2.75) is 76.6 Å². The lowest BCUT2D eigenvalue weighted by Gasteiger charge is -2.49. The van der Waals surface area contributed by atoms with Crippen LogP contribution in [0.4, 0.5) is 0 Å². The summed E-state index contributed by atoms with van der Waals surface area (Å²) in [7, 11) is 0. The molecule has 1 aromatic heterocycles. The van der Waals surface area contributed by atoms with Gasteiger partial charge in [-0.2, -0.15) is 0 Å². The van der Waals surface area contributed by atoms with Crippen molar-refractivity contribution < 1.29 is 9.53 Å². The molecule has 4 heteroatoms. The van der Waals surface area contributed by atoms with E-state index in [4.69, 9.17) is 4.74 Å². The first-order valence-electron chi connectivity index (χ1n) is 14.3. The molecular formula is C34H38N2O2. The summed E-state index contributed by atoms with van der Waals surface area (Å²) in [6.45, 7) is 3.90. The lowest BCUT2D eigenvalue weighted by molar-refractivity contribution is -0.157. The van der Waals surface area contributed by atoms with Gasteiger partial charge in [0.25, 0.3) is 0 Å². The highest BCUT2D eigenvalue weighted by molar-refractivity contribution is 5.87. The zero-order valence-corrected chi connectivity index (χ0v) is 22.5. The van der Waals surface area contributed by atoms with Gasteiger partial charge in [-0.15, -0.1) is 0 Å². The smallest absolute Gasteiger partial charge is 0.324 e. The first-order chi connectivity index (χ1) is 18.6. The number of H-pyrrole nitrogens is 1. The highest BCUT2D eigenvalue weighted by Crippen LogP contribution is 2.50. The number of nitrogens with one attached hydrogen (secondary N) is 1. The molecule has 0 saturated heterocycles. The Kier molecular flexibility index (Phi) is 7.08. The molecule has 2 aliphatic rings. The number of carbonyl (C=O) groups excluding carboxylic acids is 1. The maximum Gasteiger partial charge on any atom is 0.324 e. The number of esters is 1. The number of hydrogen-bond acceptors (Lipinski definition) is 3. The van der Waals surface area contributed by atoms with E-state index in [1.54, 1.807) is 0 Å². The molecular weight excluding hydrogens is 468 g/mol. The van der Waals surface area contributed by atoms with Gasteiger partial charge in [-0.3, -0.25) is 9.69 Å². The standard InChI is InChI=1S/C34H38N2O2/c1-23(2)38-34(37)30-22-28-27-20-12-13-21-29(27)35-31(28)33(26-18-10-5-11-19-26)36(30)32(24-14-6-3-7-15-24)25-16-8-4-9-17-25/h3-4,6-9,12-17,20-21,23,26,30,32-33,35H,5,10-11,18-19,22H2,1-2H3/t30-,33+/m0/s1. The molecule has 38 heavy (non-hydrogen) atoms. The van der Waals surface area contributed by atoms with Crippen molar-refractivity contribution in [2.24, 2.45) is 5.92 Å². The predicted molar refractivity (Wildman–Crippen MR) is 153 cm³/mol. The molecule has 196 valence electrons. The molecule has 0 bridgehead atoms. The van der Waals surface area contributed by atoms with Gasteiger partial charge in [-0.25, -0.2) is 0 Å². The summed E-state index contributed by atoms with van der Waals surface area (Å²) >= 11 is 0. The van der Waals surface area contributed by atoms with Crippen molar-refractivity contribution in [3.63, 3.8) is 0 Å². The Hall–Kier alpha value is -3.37. The maximum atomic E-state index is 14.0. The third-order valence-corrected chi connectivity index (χ3v) is 8.47. The van der Waals surface area contributed by atoms with Gasteiger partial charge in [0, 0.05) is 23.0 Å². The van der Waals surface area contributed by atoms with Gasteiger partial charge in [-0.1, -0.05) is 98.1 Å². The molecule has 2 heterocycles. The number of aromatic nitrogens is 1. The van der Waals surface area contributed by atoms with Crippen LogP contribution in [0.5, 0.6) is 0 Å². The third kappa shape index (κ3) is 4.67. The average molecular weight is 507 g/mol. The van der Waals surface area contributed by atoms with Gasteiger partial charge in [0.1, 0.15) is 6.04 Å². The summed E-state index contributed by atoms with van der Waals surface area (Å²) in [5.74, 6) is 0.355. The number of hydrogen-bond donors (Lipinski definition) is 1. The molecule has 6 rings (SSSR count). The molecule has 1 fully saturated rings. The highest BCUT2D eigenvalue weighted by atomic mass is 16.5. The van der Waals surface area contributed by atoms with E-state index in [0.29, 0.717) is 12.3 Å². The van der Waals surface area contributed by atoms with Gasteiger partial charge < -0.3 is 9.72 Å². The minimum absolute atomic E-state index is 0.0615. The summed E-state index contributed by atoms with van der Waals surface area (Å²) in [5, 5.41) is 1.24. The first kappa shape index (κ1) is 24.9. The third-order valence-electron chi connectivity index (χ3n) is 8.47. The molecule has 0 unspecified atom stereocenters. The van der Waals surface area contributed by atoms with Gasteiger partial charge in [0.15, 0.2) is 0 Å². The summed E-state index contributed by atoms with van der Waals surface area (Å²) in [6, 6.07) is 29.7. The molecule has 1 N–H and O–H groups in total. The van der Waals surface area contributed by atoms with Crippen LogP contribution >= 0.6 is 0 Å². The van der Waals surface area contributed by atoms with Crippen LogP contribution in [0, 0.1) is 5.92 Å². The Labute approximate surface area is 226 Å². The largest absolute Gasteiger partial charge is 0.462 e. The molecule has 0 spiro atoms.